The fourth-order valence-electron chi connectivity index (χ4n) is 2.01. The number of nitrogens with zero attached hydrogens (tertiary/aromatic N) is 2. The van der Waals surface area contributed by atoms with Gasteiger partial charge in [-0.15, -0.1) is 0 Å². The summed E-state index contributed by atoms with van der Waals surface area (Å²) >= 11 is 0. The van der Waals surface area contributed by atoms with Crippen LogP contribution in [0.3, 0.4) is 0 Å². The summed E-state index contributed by atoms with van der Waals surface area (Å²) in [6, 6.07) is 4.62. The van der Waals surface area contributed by atoms with Gasteiger partial charge in [0.05, 0.1) is 11.0 Å². The van der Waals surface area contributed by atoms with E-state index >= 15 is 0 Å². The molecule has 2 rings (SSSR count). The van der Waals surface area contributed by atoms with E-state index in [-0.39, 0.29) is 5.82 Å². The van der Waals surface area contributed by atoms with Gasteiger partial charge in [-0.25, -0.2) is 9.37 Å². The second-order valence-electron chi connectivity index (χ2n) is 5.00. The lowest BCUT2D eigenvalue weighted by Crippen LogP contribution is -2.23. The molecule has 2 aromatic rings. The van der Waals surface area contributed by atoms with Gasteiger partial charge in [0.1, 0.15) is 11.6 Å². The SMILES string of the molecule is CN(C)CCCNCCc1nc2ccc(F)cc2[nH]1. The molecule has 0 unspecified atom stereocenters. The third-order valence-corrected chi connectivity index (χ3v) is 2.99. The number of hydrogen-bond donors (Lipinski definition) is 2. The van der Waals surface area contributed by atoms with Gasteiger partial charge in [-0.2, -0.15) is 0 Å². The standard InChI is InChI=1S/C14H21FN4/c1-19(2)9-3-7-16-8-6-14-17-12-5-4-11(15)10-13(12)18-14/h4-5,10,16H,3,6-9H2,1-2H3,(H,17,18). The predicted molar refractivity (Wildman–Crippen MR) is 75.8 cm³/mol. The zero-order chi connectivity index (χ0) is 13.7. The van der Waals surface area contributed by atoms with E-state index in [0.29, 0.717) is 0 Å². The molecule has 0 atom stereocenters. The first-order chi connectivity index (χ1) is 9.15. The highest BCUT2D eigenvalue weighted by Gasteiger charge is 2.03. The average molecular weight is 264 g/mol. The largest absolute Gasteiger partial charge is 0.342 e. The minimum absolute atomic E-state index is 0.232. The first kappa shape index (κ1) is 14.0. The molecule has 0 bridgehead atoms. The maximum atomic E-state index is 13.0. The molecule has 0 saturated heterocycles. The van der Waals surface area contributed by atoms with Gasteiger partial charge in [-0.05, 0) is 51.8 Å². The lowest BCUT2D eigenvalue weighted by molar-refractivity contribution is 0.395. The second-order valence-corrected chi connectivity index (χ2v) is 5.00. The Kier molecular flexibility index (Phi) is 4.87. The molecule has 0 aliphatic carbocycles. The highest BCUT2D eigenvalue weighted by atomic mass is 19.1. The molecule has 104 valence electrons. The number of fused-ring (bicyclic) bond motifs is 1. The zero-order valence-electron chi connectivity index (χ0n) is 11.5. The minimum atomic E-state index is -0.232. The van der Waals surface area contributed by atoms with Crippen LogP contribution in [0.15, 0.2) is 18.2 Å². The lowest BCUT2D eigenvalue weighted by atomic mass is 10.3. The number of aromatic amines is 1. The Morgan fingerprint density at radius 2 is 2.16 bits per heavy atom. The van der Waals surface area contributed by atoms with E-state index in [4.69, 9.17) is 0 Å². The minimum Gasteiger partial charge on any atom is -0.342 e. The summed E-state index contributed by atoms with van der Waals surface area (Å²) in [7, 11) is 4.15. The topological polar surface area (TPSA) is 44.0 Å². The predicted octanol–water partition coefficient (Wildman–Crippen LogP) is 1.79. The highest BCUT2D eigenvalue weighted by Crippen LogP contribution is 2.12. The van der Waals surface area contributed by atoms with Crippen LogP contribution in [-0.2, 0) is 6.42 Å². The number of nitrogens with one attached hydrogen (secondary N) is 2. The third-order valence-electron chi connectivity index (χ3n) is 2.99. The molecule has 0 amide bonds. The maximum Gasteiger partial charge on any atom is 0.125 e. The van der Waals surface area contributed by atoms with Crippen molar-refractivity contribution < 1.29 is 4.39 Å². The Hall–Kier alpha value is -1.46. The summed E-state index contributed by atoms with van der Waals surface area (Å²) < 4.78 is 13.0. The van der Waals surface area contributed by atoms with Crippen molar-refractivity contribution >= 4 is 11.0 Å². The molecule has 5 heteroatoms. The van der Waals surface area contributed by atoms with Crippen molar-refractivity contribution in [2.24, 2.45) is 0 Å². The number of halogens is 1. The van der Waals surface area contributed by atoms with Crippen LogP contribution in [0.2, 0.25) is 0 Å². The summed E-state index contributed by atoms with van der Waals surface area (Å²) in [5, 5.41) is 3.38. The van der Waals surface area contributed by atoms with Crippen LogP contribution < -0.4 is 5.32 Å². The fraction of sp³-hybridized carbons (Fsp3) is 0.500. The number of rotatable bonds is 7. The Labute approximate surface area is 113 Å². The summed E-state index contributed by atoms with van der Waals surface area (Å²) in [5.41, 5.74) is 1.59. The van der Waals surface area contributed by atoms with E-state index < -0.39 is 0 Å². The lowest BCUT2D eigenvalue weighted by Gasteiger charge is -2.09. The first-order valence-corrected chi connectivity index (χ1v) is 6.65. The molecule has 2 N–H and O–H groups in total. The van der Waals surface area contributed by atoms with Crippen LogP contribution in [0, 0.1) is 5.82 Å². The molecule has 0 aliphatic heterocycles. The quantitative estimate of drug-likeness (QED) is 0.749. The van der Waals surface area contributed by atoms with Crippen LogP contribution in [0.5, 0.6) is 0 Å². The van der Waals surface area contributed by atoms with Crippen LogP contribution in [0.4, 0.5) is 4.39 Å². The van der Waals surface area contributed by atoms with Gasteiger partial charge in [0.25, 0.3) is 0 Å². The molecule has 19 heavy (non-hydrogen) atoms. The van der Waals surface area contributed by atoms with Crippen molar-refractivity contribution in [3.63, 3.8) is 0 Å². The van der Waals surface area contributed by atoms with Crippen molar-refractivity contribution in [2.45, 2.75) is 12.8 Å². The van der Waals surface area contributed by atoms with Crippen molar-refractivity contribution in [3.8, 4) is 0 Å². The highest BCUT2D eigenvalue weighted by molar-refractivity contribution is 5.74. The van der Waals surface area contributed by atoms with Gasteiger partial charge in [-0.1, -0.05) is 0 Å². The molecular weight excluding hydrogens is 243 g/mol. The molecule has 1 aromatic carbocycles. The van der Waals surface area contributed by atoms with Gasteiger partial charge in [0.2, 0.25) is 0 Å². The molecular formula is C14H21FN4. The number of aromatic nitrogens is 2. The molecule has 0 fully saturated rings. The van der Waals surface area contributed by atoms with Crippen LogP contribution >= 0.6 is 0 Å². The van der Waals surface area contributed by atoms with E-state index in [1.54, 1.807) is 6.07 Å². The third kappa shape index (κ3) is 4.29. The van der Waals surface area contributed by atoms with Gasteiger partial charge in [0, 0.05) is 13.0 Å². The van der Waals surface area contributed by atoms with E-state index in [1.165, 1.54) is 12.1 Å². The van der Waals surface area contributed by atoms with Gasteiger partial charge in [0.15, 0.2) is 0 Å². The van der Waals surface area contributed by atoms with Crippen molar-refractivity contribution in [1.29, 1.82) is 0 Å². The van der Waals surface area contributed by atoms with E-state index in [9.17, 15) is 4.39 Å². The first-order valence-electron chi connectivity index (χ1n) is 6.65. The van der Waals surface area contributed by atoms with Crippen molar-refractivity contribution in [3.05, 3.63) is 29.8 Å². The summed E-state index contributed by atoms with van der Waals surface area (Å²) in [4.78, 5) is 9.75. The number of imidazole rings is 1. The summed E-state index contributed by atoms with van der Waals surface area (Å²) in [6.45, 7) is 2.99. The average Bonchev–Trinajstić information content (AvgIpc) is 2.75. The van der Waals surface area contributed by atoms with Crippen molar-refractivity contribution in [1.82, 2.24) is 20.2 Å². The number of benzene rings is 1. The molecule has 0 aliphatic rings. The molecule has 0 spiro atoms. The van der Waals surface area contributed by atoms with E-state index in [0.717, 1.165) is 49.3 Å². The van der Waals surface area contributed by atoms with E-state index in [1.807, 2.05) is 0 Å². The normalized spacial score (nSPS) is 11.6. The molecule has 0 saturated carbocycles. The molecule has 0 radical (unpaired) electrons. The van der Waals surface area contributed by atoms with Crippen molar-refractivity contribution in [2.75, 3.05) is 33.7 Å². The Balaban J connectivity index is 1.75. The smallest absolute Gasteiger partial charge is 0.125 e. The number of hydrogen-bond acceptors (Lipinski definition) is 3. The zero-order valence-corrected chi connectivity index (χ0v) is 11.5. The molecule has 1 heterocycles. The molecule has 4 nitrogen and oxygen atoms in total. The van der Waals surface area contributed by atoms with Gasteiger partial charge in [-0.3, -0.25) is 0 Å². The number of H-pyrrole nitrogens is 1. The second kappa shape index (κ2) is 6.63. The van der Waals surface area contributed by atoms with E-state index in [2.05, 4.69) is 34.3 Å². The monoisotopic (exact) mass is 264 g/mol. The van der Waals surface area contributed by atoms with Gasteiger partial charge >= 0.3 is 0 Å². The Morgan fingerprint density at radius 3 is 2.95 bits per heavy atom. The van der Waals surface area contributed by atoms with Crippen LogP contribution in [0.1, 0.15) is 12.2 Å². The Morgan fingerprint density at radius 1 is 1.32 bits per heavy atom. The fourth-order valence-corrected chi connectivity index (χ4v) is 2.01. The Bertz CT molecular complexity index is 521. The summed E-state index contributed by atoms with van der Waals surface area (Å²) in [5.74, 6) is 0.672. The van der Waals surface area contributed by atoms with Crippen LogP contribution in [-0.4, -0.2) is 48.6 Å². The maximum absolute atomic E-state index is 13.0. The summed E-state index contributed by atoms with van der Waals surface area (Å²) in [6.07, 6.45) is 1.97. The van der Waals surface area contributed by atoms with Gasteiger partial charge < -0.3 is 15.2 Å². The van der Waals surface area contributed by atoms with Crippen LogP contribution in [0.25, 0.3) is 11.0 Å². The molecule has 1 aromatic heterocycles.